The van der Waals surface area contributed by atoms with Crippen molar-refractivity contribution in [3.8, 4) is 0 Å². The SMILES string of the molecule is Cc1ccc(C(N)=S)cc1S(=O)(=O)NC1CCCC1. The van der Waals surface area contributed by atoms with Crippen LogP contribution in [0.3, 0.4) is 0 Å². The Hall–Kier alpha value is -0.980. The van der Waals surface area contributed by atoms with E-state index in [9.17, 15) is 8.42 Å². The van der Waals surface area contributed by atoms with Crippen LogP contribution in [0.5, 0.6) is 0 Å². The van der Waals surface area contributed by atoms with E-state index in [1.165, 1.54) is 0 Å². The van der Waals surface area contributed by atoms with Crippen LogP contribution in [0.2, 0.25) is 0 Å². The summed E-state index contributed by atoms with van der Waals surface area (Å²) >= 11 is 4.89. The third-order valence-electron chi connectivity index (χ3n) is 3.44. The van der Waals surface area contributed by atoms with E-state index in [-0.39, 0.29) is 15.9 Å². The molecule has 104 valence electrons. The highest BCUT2D eigenvalue weighted by atomic mass is 32.2. The number of thiocarbonyl (C=S) groups is 1. The second-order valence-electron chi connectivity index (χ2n) is 4.95. The van der Waals surface area contributed by atoms with Gasteiger partial charge in [-0.25, -0.2) is 13.1 Å². The van der Waals surface area contributed by atoms with Gasteiger partial charge >= 0.3 is 0 Å². The molecule has 2 rings (SSSR count). The number of hydrogen-bond donors (Lipinski definition) is 2. The van der Waals surface area contributed by atoms with Gasteiger partial charge in [0.1, 0.15) is 4.99 Å². The van der Waals surface area contributed by atoms with Crippen molar-refractivity contribution in [3.63, 3.8) is 0 Å². The van der Waals surface area contributed by atoms with Gasteiger partial charge in [-0.15, -0.1) is 0 Å². The van der Waals surface area contributed by atoms with E-state index in [4.69, 9.17) is 18.0 Å². The third-order valence-corrected chi connectivity index (χ3v) is 5.34. The van der Waals surface area contributed by atoms with Gasteiger partial charge in [-0.05, 0) is 31.4 Å². The van der Waals surface area contributed by atoms with Crippen LogP contribution in [-0.2, 0) is 10.0 Å². The van der Waals surface area contributed by atoms with Crippen LogP contribution in [0, 0.1) is 6.92 Å². The molecule has 19 heavy (non-hydrogen) atoms. The zero-order valence-electron chi connectivity index (χ0n) is 10.8. The molecule has 1 aliphatic rings. The summed E-state index contributed by atoms with van der Waals surface area (Å²) in [6, 6.07) is 5.08. The maximum Gasteiger partial charge on any atom is 0.241 e. The lowest BCUT2D eigenvalue weighted by molar-refractivity contribution is 0.551. The molecular formula is C13H18N2O2S2. The lowest BCUT2D eigenvalue weighted by Gasteiger charge is -2.15. The minimum absolute atomic E-state index is 0.0536. The number of rotatable bonds is 4. The first-order valence-electron chi connectivity index (χ1n) is 6.33. The Balaban J connectivity index is 2.33. The average Bonchev–Trinajstić information content (AvgIpc) is 2.81. The molecule has 6 heteroatoms. The van der Waals surface area contributed by atoms with Crippen molar-refractivity contribution >= 4 is 27.2 Å². The van der Waals surface area contributed by atoms with Crippen molar-refractivity contribution in [1.29, 1.82) is 0 Å². The molecule has 0 saturated heterocycles. The predicted octanol–water partition coefficient (Wildman–Crippen LogP) is 1.85. The average molecular weight is 298 g/mol. The largest absolute Gasteiger partial charge is 0.389 e. The summed E-state index contributed by atoms with van der Waals surface area (Å²) < 4.78 is 27.5. The zero-order valence-corrected chi connectivity index (χ0v) is 12.5. The Labute approximate surface area is 119 Å². The van der Waals surface area contributed by atoms with Gasteiger partial charge in [0.2, 0.25) is 10.0 Å². The van der Waals surface area contributed by atoms with Gasteiger partial charge in [-0.2, -0.15) is 0 Å². The fourth-order valence-corrected chi connectivity index (χ4v) is 4.07. The third kappa shape index (κ3) is 3.32. The Morgan fingerprint density at radius 1 is 1.37 bits per heavy atom. The predicted molar refractivity (Wildman–Crippen MR) is 79.6 cm³/mol. The van der Waals surface area contributed by atoms with E-state index in [1.807, 2.05) is 0 Å². The normalized spacial score (nSPS) is 16.7. The smallest absolute Gasteiger partial charge is 0.241 e. The van der Waals surface area contributed by atoms with Crippen molar-refractivity contribution in [1.82, 2.24) is 4.72 Å². The Morgan fingerprint density at radius 2 is 2.00 bits per heavy atom. The minimum atomic E-state index is -3.50. The summed E-state index contributed by atoms with van der Waals surface area (Å²) in [6.07, 6.45) is 3.98. The van der Waals surface area contributed by atoms with E-state index in [0.717, 1.165) is 25.7 Å². The van der Waals surface area contributed by atoms with Crippen LogP contribution in [0.15, 0.2) is 23.1 Å². The van der Waals surface area contributed by atoms with Crippen LogP contribution >= 0.6 is 12.2 Å². The molecule has 4 nitrogen and oxygen atoms in total. The molecule has 1 aromatic carbocycles. The first-order chi connectivity index (χ1) is 8.90. The molecule has 0 heterocycles. The second-order valence-corrected chi connectivity index (χ2v) is 7.07. The molecule has 1 aromatic rings. The zero-order chi connectivity index (χ0) is 14.0. The number of benzene rings is 1. The molecule has 0 unspecified atom stereocenters. The lowest BCUT2D eigenvalue weighted by atomic mass is 10.1. The Morgan fingerprint density at radius 3 is 2.58 bits per heavy atom. The summed E-state index contributed by atoms with van der Waals surface area (Å²) in [6.45, 7) is 1.77. The lowest BCUT2D eigenvalue weighted by Crippen LogP contribution is -2.33. The van der Waals surface area contributed by atoms with Crippen LogP contribution in [0.4, 0.5) is 0 Å². The number of nitrogens with two attached hydrogens (primary N) is 1. The quantitative estimate of drug-likeness (QED) is 0.832. The van der Waals surface area contributed by atoms with Crippen molar-refractivity contribution in [2.24, 2.45) is 5.73 Å². The van der Waals surface area contributed by atoms with Gasteiger partial charge < -0.3 is 5.73 Å². The van der Waals surface area contributed by atoms with Gasteiger partial charge in [0.05, 0.1) is 4.90 Å². The molecule has 1 saturated carbocycles. The number of nitrogens with one attached hydrogen (secondary N) is 1. The maximum absolute atomic E-state index is 12.4. The van der Waals surface area contributed by atoms with Crippen LogP contribution < -0.4 is 10.5 Å². The fourth-order valence-electron chi connectivity index (χ4n) is 2.37. The number of sulfonamides is 1. The van der Waals surface area contributed by atoms with Gasteiger partial charge in [0, 0.05) is 11.6 Å². The highest BCUT2D eigenvalue weighted by Gasteiger charge is 2.24. The molecule has 0 aliphatic heterocycles. The fraction of sp³-hybridized carbons (Fsp3) is 0.462. The summed E-state index contributed by atoms with van der Waals surface area (Å²) in [5.41, 5.74) is 6.83. The summed E-state index contributed by atoms with van der Waals surface area (Å²) in [4.78, 5) is 0.474. The van der Waals surface area contributed by atoms with Crippen LogP contribution in [0.25, 0.3) is 0 Å². The van der Waals surface area contributed by atoms with E-state index < -0.39 is 10.0 Å². The van der Waals surface area contributed by atoms with Crippen LogP contribution in [0.1, 0.15) is 36.8 Å². The van der Waals surface area contributed by atoms with Crippen molar-refractivity contribution in [2.45, 2.75) is 43.5 Å². The Bertz CT molecular complexity index is 591. The van der Waals surface area contributed by atoms with Crippen molar-refractivity contribution in [2.75, 3.05) is 0 Å². The molecule has 0 spiro atoms. The molecule has 0 bridgehead atoms. The second kappa shape index (κ2) is 5.56. The summed E-state index contributed by atoms with van der Waals surface area (Å²) in [7, 11) is -3.50. The maximum atomic E-state index is 12.4. The van der Waals surface area contributed by atoms with E-state index in [2.05, 4.69) is 4.72 Å². The Kier molecular flexibility index (Phi) is 4.23. The first-order valence-corrected chi connectivity index (χ1v) is 8.22. The van der Waals surface area contributed by atoms with Gasteiger partial charge in [0.25, 0.3) is 0 Å². The standard InChI is InChI=1S/C13H18N2O2S2/c1-9-6-7-10(13(14)18)8-12(9)19(16,17)15-11-4-2-3-5-11/h6-8,11,15H,2-5H2,1H3,(H2,14,18). The molecule has 0 amide bonds. The van der Waals surface area contributed by atoms with Gasteiger partial charge in [-0.1, -0.05) is 37.2 Å². The molecule has 3 N–H and O–H groups in total. The monoisotopic (exact) mass is 298 g/mol. The van der Waals surface area contributed by atoms with Gasteiger partial charge in [-0.3, -0.25) is 0 Å². The summed E-state index contributed by atoms with van der Waals surface area (Å²) in [5, 5.41) is 0. The molecule has 1 aliphatic carbocycles. The topological polar surface area (TPSA) is 72.2 Å². The highest BCUT2D eigenvalue weighted by molar-refractivity contribution is 7.89. The van der Waals surface area contributed by atoms with E-state index in [0.29, 0.717) is 11.1 Å². The molecule has 0 atom stereocenters. The van der Waals surface area contributed by atoms with Crippen LogP contribution in [-0.4, -0.2) is 19.4 Å². The highest BCUT2D eigenvalue weighted by Crippen LogP contribution is 2.22. The minimum Gasteiger partial charge on any atom is -0.389 e. The van der Waals surface area contributed by atoms with Crippen molar-refractivity contribution in [3.05, 3.63) is 29.3 Å². The first kappa shape index (κ1) is 14.4. The van der Waals surface area contributed by atoms with E-state index in [1.54, 1.807) is 25.1 Å². The molecule has 0 radical (unpaired) electrons. The molecular weight excluding hydrogens is 280 g/mol. The number of aryl methyl sites for hydroxylation is 1. The number of hydrogen-bond acceptors (Lipinski definition) is 3. The summed E-state index contributed by atoms with van der Waals surface area (Å²) in [5.74, 6) is 0. The van der Waals surface area contributed by atoms with Crippen molar-refractivity contribution < 1.29 is 8.42 Å². The molecule has 0 aromatic heterocycles. The van der Waals surface area contributed by atoms with E-state index >= 15 is 0 Å². The molecule has 1 fully saturated rings. The van der Waals surface area contributed by atoms with Gasteiger partial charge in [0.15, 0.2) is 0 Å².